The van der Waals surface area contributed by atoms with Crippen molar-refractivity contribution in [1.29, 1.82) is 0 Å². The summed E-state index contributed by atoms with van der Waals surface area (Å²) in [5.41, 5.74) is 5.10. The maximum atomic E-state index is 12.1. The average Bonchev–Trinajstić information content (AvgIpc) is 3.57. The molecule has 4 aromatic heterocycles. The van der Waals surface area contributed by atoms with Crippen molar-refractivity contribution in [2.75, 3.05) is 14.1 Å². The molecule has 1 aromatic carbocycles. The first-order valence-corrected chi connectivity index (χ1v) is 13.6. The molecule has 0 atom stereocenters. The minimum atomic E-state index is 0.215. The molecule has 5 aromatic rings. The van der Waals surface area contributed by atoms with Gasteiger partial charge in [0, 0.05) is 67.4 Å². The van der Waals surface area contributed by atoms with Crippen molar-refractivity contribution in [3.63, 3.8) is 0 Å². The number of carbonyl (C=O) groups is 1. The molecule has 0 N–H and O–H groups in total. The largest absolute Gasteiger partial charge is 0.349 e. The van der Waals surface area contributed by atoms with Gasteiger partial charge in [0.15, 0.2) is 0 Å². The molecule has 0 bridgehead atoms. The van der Waals surface area contributed by atoms with Crippen LogP contribution in [0.1, 0.15) is 38.1 Å². The van der Waals surface area contributed by atoms with Gasteiger partial charge in [0.25, 0.3) is 0 Å². The fourth-order valence-electron chi connectivity index (χ4n) is 5.40. The van der Waals surface area contributed by atoms with Gasteiger partial charge in [-0.1, -0.05) is 29.3 Å². The summed E-state index contributed by atoms with van der Waals surface area (Å²) in [5.74, 6) is 0.677. The van der Waals surface area contributed by atoms with Gasteiger partial charge in [0.2, 0.25) is 5.91 Å². The molecule has 1 fully saturated rings. The van der Waals surface area contributed by atoms with Crippen molar-refractivity contribution in [3.05, 3.63) is 71.4 Å². The normalized spacial score (nSPS) is 17.8. The zero-order chi connectivity index (χ0) is 26.4. The standard InChI is InChI=1S/C29H28Cl2N6O/c1-35(2)27(38)12-18-6-8-21(9-7-18)37-16-20(15-33-37)19-13-22-25(32-14-19)10-11-36-17-26(34-29(22)36)28-23(30)4-3-5-24(28)31/h3-5,10-11,13-18,21H,6-9,12H2,1-2H3. The number of benzene rings is 1. The molecule has 0 saturated heterocycles. The van der Waals surface area contributed by atoms with Crippen LogP contribution in [0.4, 0.5) is 0 Å². The molecule has 1 aliphatic rings. The number of hydrogen-bond acceptors (Lipinski definition) is 4. The Balaban J connectivity index is 1.27. The Morgan fingerprint density at radius 3 is 2.53 bits per heavy atom. The summed E-state index contributed by atoms with van der Waals surface area (Å²) in [4.78, 5) is 23.4. The zero-order valence-corrected chi connectivity index (χ0v) is 22.8. The number of nitrogens with zero attached hydrogens (tertiary/aromatic N) is 6. The van der Waals surface area contributed by atoms with Crippen LogP contribution in [-0.2, 0) is 4.79 Å². The molecule has 0 aliphatic heterocycles. The lowest BCUT2D eigenvalue weighted by molar-refractivity contribution is -0.130. The maximum absolute atomic E-state index is 12.1. The van der Waals surface area contributed by atoms with Crippen LogP contribution in [0, 0.1) is 5.92 Å². The minimum Gasteiger partial charge on any atom is -0.349 e. The third-order valence-corrected chi connectivity index (χ3v) is 8.22. The zero-order valence-electron chi connectivity index (χ0n) is 21.3. The van der Waals surface area contributed by atoms with E-state index >= 15 is 0 Å². The van der Waals surface area contributed by atoms with Gasteiger partial charge in [-0.3, -0.25) is 14.5 Å². The van der Waals surface area contributed by atoms with E-state index in [0.29, 0.717) is 34.1 Å². The Morgan fingerprint density at radius 1 is 1.03 bits per heavy atom. The molecular weight excluding hydrogens is 519 g/mol. The van der Waals surface area contributed by atoms with Crippen LogP contribution >= 0.6 is 23.2 Å². The van der Waals surface area contributed by atoms with Gasteiger partial charge in [-0.15, -0.1) is 0 Å². The summed E-state index contributed by atoms with van der Waals surface area (Å²) < 4.78 is 4.06. The Labute approximate surface area is 231 Å². The number of halogens is 2. The van der Waals surface area contributed by atoms with Crippen LogP contribution < -0.4 is 0 Å². The molecule has 0 radical (unpaired) electrons. The Morgan fingerprint density at radius 2 is 1.79 bits per heavy atom. The number of rotatable bonds is 5. The first-order chi connectivity index (χ1) is 18.4. The number of hydrogen-bond donors (Lipinski definition) is 0. The summed E-state index contributed by atoms with van der Waals surface area (Å²) in [5, 5.41) is 6.77. The van der Waals surface area contributed by atoms with Crippen molar-refractivity contribution >= 4 is 45.7 Å². The van der Waals surface area contributed by atoms with Gasteiger partial charge in [0.1, 0.15) is 5.65 Å². The molecule has 7 nitrogen and oxygen atoms in total. The molecule has 0 unspecified atom stereocenters. The maximum Gasteiger partial charge on any atom is 0.222 e. The molecule has 1 saturated carbocycles. The van der Waals surface area contributed by atoms with Crippen molar-refractivity contribution in [2.45, 2.75) is 38.1 Å². The summed E-state index contributed by atoms with van der Waals surface area (Å²) in [6, 6.07) is 9.91. The minimum absolute atomic E-state index is 0.215. The van der Waals surface area contributed by atoms with Crippen LogP contribution in [0.5, 0.6) is 0 Å². The van der Waals surface area contributed by atoms with Crippen LogP contribution in [0.15, 0.2) is 61.3 Å². The molecule has 1 aliphatic carbocycles. The second-order valence-electron chi connectivity index (χ2n) is 10.3. The van der Waals surface area contributed by atoms with Crippen LogP contribution in [0.2, 0.25) is 10.0 Å². The number of pyridine rings is 2. The van der Waals surface area contributed by atoms with E-state index in [2.05, 4.69) is 16.9 Å². The van der Waals surface area contributed by atoms with Gasteiger partial charge in [-0.2, -0.15) is 5.10 Å². The first-order valence-electron chi connectivity index (χ1n) is 12.8. The second-order valence-corrected chi connectivity index (χ2v) is 11.1. The van der Waals surface area contributed by atoms with Crippen molar-refractivity contribution in [1.82, 2.24) is 29.0 Å². The fourth-order valence-corrected chi connectivity index (χ4v) is 5.99. The lowest BCUT2D eigenvalue weighted by Gasteiger charge is -2.29. The number of fused-ring (bicyclic) bond motifs is 3. The van der Waals surface area contributed by atoms with Gasteiger partial charge < -0.3 is 9.30 Å². The fraction of sp³-hybridized carbons (Fsp3) is 0.310. The number of amides is 1. The van der Waals surface area contributed by atoms with Crippen LogP contribution in [0.3, 0.4) is 0 Å². The Kier molecular flexibility index (Phi) is 6.58. The van der Waals surface area contributed by atoms with Gasteiger partial charge in [-0.25, -0.2) is 4.98 Å². The predicted molar refractivity (Wildman–Crippen MR) is 151 cm³/mol. The van der Waals surface area contributed by atoms with E-state index < -0.39 is 0 Å². The molecule has 194 valence electrons. The molecule has 6 rings (SSSR count). The number of carbonyl (C=O) groups excluding carboxylic acids is 1. The van der Waals surface area contributed by atoms with Gasteiger partial charge in [-0.05, 0) is 55.9 Å². The highest BCUT2D eigenvalue weighted by Crippen LogP contribution is 2.36. The molecule has 4 heterocycles. The van der Waals surface area contributed by atoms with Crippen molar-refractivity contribution < 1.29 is 4.79 Å². The third kappa shape index (κ3) is 4.65. The van der Waals surface area contributed by atoms with E-state index in [1.54, 1.807) is 4.90 Å². The Hall–Kier alpha value is -3.42. The number of imidazole rings is 1. The molecule has 1 amide bonds. The monoisotopic (exact) mass is 546 g/mol. The SMILES string of the molecule is CN(C)C(=O)CC1CCC(n2cc(-c3cnc4ccn5cc(-c6c(Cl)cccc6Cl)nc5c4c3)cn2)CC1. The summed E-state index contributed by atoms with van der Waals surface area (Å²) in [6.45, 7) is 0. The smallest absolute Gasteiger partial charge is 0.222 e. The van der Waals surface area contributed by atoms with E-state index in [-0.39, 0.29) is 5.91 Å². The summed E-state index contributed by atoms with van der Waals surface area (Å²) >= 11 is 12.9. The second kappa shape index (κ2) is 10.0. The van der Waals surface area contributed by atoms with E-state index in [0.717, 1.165) is 58.9 Å². The van der Waals surface area contributed by atoms with E-state index in [1.807, 2.05) is 67.5 Å². The lowest BCUT2D eigenvalue weighted by atomic mass is 9.84. The topological polar surface area (TPSA) is 68.3 Å². The lowest BCUT2D eigenvalue weighted by Crippen LogP contribution is -2.26. The highest BCUT2D eigenvalue weighted by Gasteiger charge is 2.25. The average molecular weight is 547 g/mol. The van der Waals surface area contributed by atoms with E-state index in [1.165, 1.54) is 0 Å². The highest BCUT2D eigenvalue weighted by molar-refractivity contribution is 6.39. The quantitative estimate of drug-likeness (QED) is 0.239. The van der Waals surface area contributed by atoms with E-state index in [4.69, 9.17) is 38.3 Å². The van der Waals surface area contributed by atoms with Crippen LogP contribution in [-0.4, -0.2) is 49.1 Å². The Bertz CT molecular complexity index is 1630. The van der Waals surface area contributed by atoms with Crippen molar-refractivity contribution in [2.24, 2.45) is 5.92 Å². The molecular formula is C29H28Cl2N6O. The van der Waals surface area contributed by atoms with Crippen LogP contribution in [0.25, 0.3) is 38.9 Å². The number of aromatic nitrogens is 5. The summed E-state index contributed by atoms with van der Waals surface area (Å²) in [7, 11) is 3.65. The molecule has 9 heteroatoms. The molecule has 0 spiro atoms. The van der Waals surface area contributed by atoms with Gasteiger partial charge in [0.05, 0.1) is 33.5 Å². The third-order valence-electron chi connectivity index (χ3n) is 7.59. The molecule has 38 heavy (non-hydrogen) atoms. The predicted octanol–water partition coefficient (Wildman–Crippen LogP) is 6.93. The first kappa shape index (κ1) is 24.9. The van der Waals surface area contributed by atoms with Gasteiger partial charge >= 0.3 is 0 Å². The van der Waals surface area contributed by atoms with E-state index in [9.17, 15) is 4.79 Å². The highest BCUT2D eigenvalue weighted by atomic mass is 35.5. The summed E-state index contributed by atoms with van der Waals surface area (Å²) in [6.07, 6.45) is 14.6. The van der Waals surface area contributed by atoms with Crippen molar-refractivity contribution in [3.8, 4) is 22.4 Å².